The number of hydrogen-bond donors (Lipinski definition) is 1. The van der Waals surface area contributed by atoms with Gasteiger partial charge in [0.2, 0.25) is 0 Å². The number of hydrogen-bond acceptors (Lipinski definition) is 4. The zero-order valence-electron chi connectivity index (χ0n) is 11.1. The fourth-order valence-electron chi connectivity index (χ4n) is 1.82. The Morgan fingerprint density at radius 3 is 2.72 bits per heavy atom. The molecule has 0 radical (unpaired) electrons. The summed E-state index contributed by atoms with van der Waals surface area (Å²) in [6.45, 7) is 7.96. The molecule has 0 aliphatic carbocycles. The molecule has 0 saturated heterocycles. The lowest BCUT2D eigenvalue weighted by Gasteiger charge is -2.09. The smallest absolute Gasteiger partial charge is 0.180 e. The molecule has 0 aliphatic rings. The van der Waals surface area contributed by atoms with Crippen LogP contribution in [0.2, 0.25) is 0 Å². The summed E-state index contributed by atoms with van der Waals surface area (Å²) in [5, 5.41) is 3.24. The van der Waals surface area contributed by atoms with Crippen LogP contribution in [0.3, 0.4) is 0 Å². The molecule has 0 aromatic carbocycles. The highest BCUT2D eigenvalue weighted by atomic mass is 15.1. The normalized spacial score (nSPS) is 10.6. The van der Waals surface area contributed by atoms with E-state index in [2.05, 4.69) is 41.0 Å². The number of aryl methyl sites for hydroxylation is 2. The zero-order chi connectivity index (χ0) is 13.0. The maximum atomic E-state index is 4.57. The van der Waals surface area contributed by atoms with Crippen LogP contribution in [0, 0.1) is 0 Å². The van der Waals surface area contributed by atoms with E-state index in [0.717, 1.165) is 42.5 Å². The van der Waals surface area contributed by atoms with E-state index in [4.69, 9.17) is 0 Å². The fourth-order valence-corrected chi connectivity index (χ4v) is 1.82. The second-order valence-electron chi connectivity index (χ2n) is 4.02. The van der Waals surface area contributed by atoms with E-state index in [-0.39, 0.29) is 0 Å². The molecule has 0 aliphatic heterocycles. The molecule has 1 N–H and O–H groups in total. The first-order valence-electron chi connectivity index (χ1n) is 6.40. The van der Waals surface area contributed by atoms with E-state index < -0.39 is 0 Å². The van der Waals surface area contributed by atoms with Gasteiger partial charge in [-0.05, 0) is 20.3 Å². The van der Waals surface area contributed by atoms with Crippen molar-refractivity contribution in [3.63, 3.8) is 0 Å². The topological polar surface area (TPSA) is 55.6 Å². The molecule has 0 amide bonds. The molecule has 2 aromatic rings. The standard InChI is InChI=1S/C13H19N5/c1-4-10-7-12(15-5-2)17-13(16-10)11-8-14-9-18(11)6-3/h7-9H,4-6H2,1-3H3,(H,15,16,17). The highest BCUT2D eigenvalue weighted by Gasteiger charge is 2.09. The van der Waals surface area contributed by atoms with Crippen LogP contribution < -0.4 is 5.32 Å². The van der Waals surface area contributed by atoms with Crippen LogP contribution in [0.15, 0.2) is 18.6 Å². The number of aromatic nitrogens is 4. The average molecular weight is 245 g/mol. The van der Waals surface area contributed by atoms with E-state index >= 15 is 0 Å². The second kappa shape index (κ2) is 5.62. The third kappa shape index (κ3) is 2.50. The predicted molar refractivity (Wildman–Crippen MR) is 72.5 cm³/mol. The lowest BCUT2D eigenvalue weighted by Crippen LogP contribution is -2.05. The van der Waals surface area contributed by atoms with Gasteiger partial charge >= 0.3 is 0 Å². The minimum Gasteiger partial charge on any atom is -0.370 e. The Hall–Kier alpha value is -1.91. The molecule has 0 spiro atoms. The molecule has 5 heteroatoms. The molecule has 5 nitrogen and oxygen atoms in total. The molecular weight excluding hydrogens is 226 g/mol. The van der Waals surface area contributed by atoms with E-state index in [1.807, 2.05) is 23.2 Å². The molecule has 2 heterocycles. The van der Waals surface area contributed by atoms with Crippen LogP contribution in [-0.4, -0.2) is 26.1 Å². The summed E-state index contributed by atoms with van der Waals surface area (Å²) < 4.78 is 2.05. The molecule has 0 unspecified atom stereocenters. The Bertz CT molecular complexity index is 518. The summed E-state index contributed by atoms with van der Waals surface area (Å²) in [4.78, 5) is 13.3. The summed E-state index contributed by atoms with van der Waals surface area (Å²) >= 11 is 0. The van der Waals surface area contributed by atoms with Gasteiger partial charge in [0.25, 0.3) is 0 Å². The summed E-state index contributed by atoms with van der Waals surface area (Å²) in [7, 11) is 0. The minimum atomic E-state index is 0.740. The van der Waals surface area contributed by atoms with Crippen molar-refractivity contribution in [1.82, 2.24) is 19.5 Å². The lowest BCUT2D eigenvalue weighted by molar-refractivity contribution is 0.762. The molecule has 96 valence electrons. The summed E-state index contributed by atoms with van der Waals surface area (Å²) in [6.07, 6.45) is 4.52. The monoisotopic (exact) mass is 245 g/mol. The molecule has 0 saturated carbocycles. The van der Waals surface area contributed by atoms with E-state index in [9.17, 15) is 0 Å². The maximum Gasteiger partial charge on any atom is 0.180 e. The summed E-state index contributed by atoms with van der Waals surface area (Å²) in [6, 6.07) is 2.00. The van der Waals surface area contributed by atoms with E-state index in [1.54, 1.807) is 0 Å². The maximum absolute atomic E-state index is 4.57. The first kappa shape index (κ1) is 12.5. The first-order chi connectivity index (χ1) is 8.78. The van der Waals surface area contributed by atoms with E-state index in [0.29, 0.717) is 0 Å². The van der Waals surface area contributed by atoms with Gasteiger partial charge < -0.3 is 9.88 Å². The van der Waals surface area contributed by atoms with Crippen molar-refractivity contribution >= 4 is 5.82 Å². The van der Waals surface area contributed by atoms with Crippen molar-refractivity contribution in [3.8, 4) is 11.5 Å². The molecular formula is C13H19N5. The van der Waals surface area contributed by atoms with Crippen molar-refractivity contribution in [1.29, 1.82) is 0 Å². The number of nitrogens with one attached hydrogen (secondary N) is 1. The van der Waals surface area contributed by atoms with Gasteiger partial charge in [-0.2, -0.15) is 0 Å². The molecule has 2 aromatic heterocycles. The van der Waals surface area contributed by atoms with Gasteiger partial charge in [0.1, 0.15) is 11.5 Å². The second-order valence-corrected chi connectivity index (χ2v) is 4.02. The average Bonchev–Trinajstić information content (AvgIpc) is 2.87. The predicted octanol–water partition coefficient (Wildman–Crippen LogP) is 2.35. The van der Waals surface area contributed by atoms with Crippen molar-refractivity contribution in [2.75, 3.05) is 11.9 Å². The van der Waals surface area contributed by atoms with Crippen molar-refractivity contribution in [2.45, 2.75) is 33.7 Å². The number of nitrogens with zero attached hydrogens (tertiary/aromatic N) is 4. The molecule has 0 fully saturated rings. The Balaban J connectivity index is 2.46. The van der Waals surface area contributed by atoms with Crippen LogP contribution in [0.25, 0.3) is 11.5 Å². The number of imidazole rings is 1. The van der Waals surface area contributed by atoms with Gasteiger partial charge in [0.05, 0.1) is 12.5 Å². The van der Waals surface area contributed by atoms with Gasteiger partial charge in [-0.3, -0.25) is 0 Å². The van der Waals surface area contributed by atoms with Gasteiger partial charge in [-0.1, -0.05) is 6.92 Å². The first-order valence-corrected chi connectivity index (χ1v) is 6.40. The molecule has 0 bridgehead atoms. The Kier molecular flexibility index (Phi) is 3.92. The number of rotatable bonds is 5. The SMILES string of the molecule is CCNc1cc(CC)nc(-c2cncn2CC)n1. The third-order valence-electron chi connectivity index (χ3n) is 2.78. The third-order valence-corrected chi connectivity index (χ3v) is 2.78. The van der Waals surface area contributed by atoms with E-state index in [1.165, 1.54) is 0 Å². The summed E-state index contributed by atoms with van der Waals surface area (Å²) in [5.74, 6) is 1.62. The van der Waals surface area contributed by atoms with Crippen LogP contribution >= 0.6 is 0 Å². The molecule has 0 atom stereocenters. The lowest BCUT2D eigenvalue weighted by atomic mass is 10.3. The van der Waals surface area contributed by atoms with Gasteiger partial charge in [-0.15, -0.1) is 0 Å². The Morgan fingerprint density at radius 1 is 1.22 bits per heavy atom. The van der Waals surface area contributed by atoms with Crippen molar-refractivity contribution in [3.05, 3.63) is 24.3 Å². The van der Waals surface area contributed by atoms with Crippen molar-refractivity contribution in [2.24, 2.45) is 0 Å². The number of anilines is 1. The summed E-state index contributed by atoms with van der Waals surface area (Å²) in [5.41, 5.74) is 2.01. The Morgan fingerprint density at radius 2 is 2.06 bits per heavy atom. The molecule has 2 rings (SSSR count). The largest absolute Gasteiger partial charge is 0.370 e. The van der Waals surface area contributed by atoms with Crippen molar-refractivity contribution < 1.29 is 0 Å². The Labute approximate surface area is 107 Å². The van der Waals surface area contributed by atoms with Crippen LogP contribution in [0.5, 0.6) is 0 Å². The van der Waals surface area contributed by atoms with Crippen LogP contribution in [-0.2, 0) is 13.0 Å². The zero-order valence-corrected chi connectivity index (χ0v) is 11.1. The molecule has 18 heavy (non-hydrogen) atoms. The van der Waals surface area contributed by atoms with Gasteiger partial charge in [0, 0.05) is 24.8 Å². The van der Waals surface area contributed by atoms with Crippen LogP contribution in [0.4, 0.5) is 5.82 Å². The highest BCUT2D eigenvalue weighted by molar-refractivity contribution is 5.53. The highest BCUT2D eigenvalue weighted by Crippen LogP contribution is 2.18. The van der Waals surface area contributed by atoms with Gasteiger partial charge in [0.15, 0.2) is 5.82 Å². The fraction of sp³-hybridized carbons (Fsp3) is 0.462. The quantitative estimate of drug-likeness (QED) is 0.878. The van der Waals surface area contributed by atoms with Crippen LogP contribution in [0.1, 0.15) is 26.5 Å². The van der Waals surface area contributed by atoms with Gasteiger partial charge in [-0.25, -0.2) is 15.0 Å². The minimum absolute atomic E-state index is 0.740.